The van der Waals surface area contributed by atoms with Gasteiger partial charge in [-0.15, -0.1) is 0 Å². The molecule has 0 bridgehead atoms. The molecule has 0 aliphatic heterocycles. The molecular weight excluding hydrogens is 351 g/mol. The molecule has 0 amide bonds. The molecule has 0 aromatic heterocycles. The Hall–Kier alpha value is -1.13. The van der Waals surface area contributed by atoms with Gasteiger partial charge in [0.2, 0.25) is 0 Å². The first-order chi connectivity index (χ1) is 9.88. The van der Waals surface area contributed by atoms with Gasteiger partial charge in [-0.1, -0.05) is 0 Å². The van der Waals surface area contributed by atoms with E-state index in [1.165, 1.54) is 0 Å². The summed E-state index contributed by atoms with van der Waals surface area (Å²) in [7, 11) is -3.62. The molecule has 0 saturated heterocycles. The molecule has 2 aromatic carbocycles. The van der Waals surface area contributed by atoms with Crippen molar-refractivity contribution in [1.82, 2.24) is 0 Å². The van der Waals surface area contributed by atoms with E-state index in [0.29, 0.717) is 0 Å². The molecule has 1 N–H and O–H groups in total. The number of aliphatic hydroxyl groups excluding tert-OH is 1. The van der Waals surface area contributed by atoms with Gasteiger partial charge in [0, 0.05) is 0 Å². The number of sulfone groups is 1. The fourth-order valence-electron chi connectivity index (χ4n) is 1.92. The van der Waals surface area contributed by atoms with E-state index >= 15 is 0 Å². The summed E-state index contributed by atoms with van der Waals surface area (Å²) in [5.41, 5.74) is 0. The van der Waals surface area contributed by atoms with E-state index in [9.17, 15) is 13.5 Å². The van der Waals surface area contributed by atoms with Crippen molar-refractivity contribution in [2.24, 2.45) is 0 Å². The molecule has 3 nitrogen and oxygen atoms in total. The SMILES string of the molecule is C[C@H](O)[C@@](C)([Se]c1ccccc1)S(=O)(=O)c1ccccc1. The second-order valence-corrected chi connectivity index (χ2v) is 11.0. The van der Waals surface area contributed by atoms with Gasteiger partial charge in [0.15, 0.2) is 0 Å². The Morgan fingerprint density at radius 2 is 1.48 bits per heavy atom. The van der Waals surface area contributed by atoms with Crippen LogP contribution in [0.5, 0.6) is 0 Å². The van der Waals surface area contributed by atoms with Crippen LogP contribution in [0.3, 0.4) is 0 Å². The second-order valence-electron chi connectivity index (χ2n) is 4.92. The molecule has 2 atom stereocenters. The van der Waals surface area contributed by atoms with Crippen LogP contribution in [0.15, 0.2) is 65.6 Å². The van der Waals surface area contributed by atoms with Gasteiger partial charge < -0.3 is 0 Å². The van der Waals surface area contributed by atoms with Crippen molar-refractivity contribution in [3.63, 3.8) is 0 Å². The van der Waals surface area contributed by atoms with Crippen molar-refractivity contribution in [1.29, 1.82) is 0 Å². The van der Waals surface area contributed by atoms with Crippen LogP contribution in [0.4, 0.5) is 0 Å². The normalized spacial score (nSPS) is 16.1. The standard InChI is InChI=1S/C16H18O3SSe/c1-13(17)16(2,21-15-11-7-4-8-12-15)20(18,19)14-9-5-3-6-10-14/h3-13,17H,1-2H3/t13-,16+/m0/s1. The second kappa shape index (κ2) is 6.32. The van der Waals surface area contributed by atoms with Gasteiger partial charge in [0.1, 0.15) is 0 Å². The van der Waals surface area contributed by atoms with Gasteiger partial charge >= 0.3 is 132 Å². The monoisotopic (exact) mass is 370 g/mol. The van der Waals surface area contributed by atoms with Gasteiger partial charge in [-0.3, -0.25) is 0 Å². The number of hydrogen-bond donors (Lipinski definition) is 1. The van der Waals surface area contributed by atoms with Crippen LogP contribution in [-0.2, 0) is 9.84 Å². The molecule has 0 fully saturated rings. The van der Waals surface area contributed by atoms with Gasteiger partial charge in [-0.05, 0) is 0 Å². The van der Waals surface area contributed by atoms with Crippen molar-refractivity contribution < 1.29 is 13.5 Å². The first-order valence-electron chi connectivity index (χ1n) is 6.60. The Morgan fingerprint density at radius 1 is 1.00 bits per heavy atom. The molecule has 0 spiro atoms. The number of benzene rings is 2. The third-order valence-corrected chi connectivity index (χ3v) is 10.2. The van der Waals surface area contributed by atoms with Crippen LogP contribution in [0, 0.1) is 0 Å². The Bertz CT molecular complexity index is 684. The minimum absolute atomic E-state index is 0.256. The van der Waals surface area contributed by atoms with E-state index in [1.807, 2.05) is 30.3 Å². The zero-order valence-corrected chi connectivity index (χ0v) is 14.5. The van der Waals surface area contributed by atoms with E-state index in [-0.39, 0.29) is 4.90 Å². The van der Waals surface area contributed by atoms with Crippen LogP contribution < -0.4 is 4.46 Å². The number of hydrogen-bond acceptors (Lipinski definition) is 3. The Kier molecular flexibility index (Phi) is 4.89. The number of rotatable bonds is 5. The topological polar surface area (TPSA) is 54.4 Å². The summed E-state index contributed by atoms with van der Waals surface area (Å²) in [4.78, 5) is 0.256. The summed E-state index contributed by atoms with van der Waals surface area (Å²) in [6.45, 7) is 3.18. The molecule has 0 radical (unpaired) electrons. The zero-order chi connectivity index (χ0) is 15.5. The Morgan fingerprint density at radius 3 is 1.95 bits per heavy atom. The van der Waals surface area contributed by atoms with Crippen molar-refractivity contribution >= 4 is 29.3 Å². The van der Waals surface area contributed by atoms with Crippen molar-refractivity contribution in [2.45, 2.75) is 28.5 Å². The van der Waals surface area contributed by atoms with Gasteiger partial charge in [0.25, 0.3) is 0 Å². The molecular formula is C16H18O3SSe. The third kappa shape index (κ3) is 3.21. The van der Waals surface area contributed by atoms with E-state index < -0.39 is 34.5 Å². The molecule has 0 saturated carbocycles. The van der Waals surface area contributed by atoms with Crippen LogP contribution in [0.1, 0.15) is 13.8 Å². The fraction of sp³-hybridized carbons (Fsp3) is 0.250. The van der Waals surface area contributed by atoms with Crippen LogP contribution in [0.25, 0.3) is 0 Å². The molecule has 21 heavy (non-hydrogen) atoms. The molecule has 5 heteroatoms. The Balaban J connectivity index is 2.48. The number of aliphatic hydroxyl groups is 1. The predicted molar refractivity (Wildman–Crippen MR) is 85.5 cm³/mol. The van der Waals surface area contributed by atoms with E-state index in [2.05, 4.69) is 0 Å². The van der Waals surface area contributed by atoms with Crippen molar-refractivity contribution in [3.05, 3.63) is 60.7 Å². The summed E-state index contributed by atoms with van der Waals surface area (Å²) in [6, 6.07) is 17.8. The third-order valence-electron chi connectivity index (χ3n) is 3.41. The Labute approximate surface area is 132 Å². The average molecular weight is 369 g/mol. The first kappa shape index (κ1) is 16.2. The van der Waals surface area contributed by atoms with Gasteiger partial charge in [0.05, 0.1) is 0 Å². The first-order valence-corrected chi connectivity index (χ1v) is 9.79. The van der Waals surface area contributed by atoms with Gasteiger partial charge in [-0.2, -0.15) is 0 Å². The summed E-state index contributed by atoms with van der Waals surface area (Å²) in [5, 5.41) is 10.2. The van der Waals surface area contributed by atoms with Crippen LogP contribution in [0.2, 0.25) is 0 Å². The van der Waals surface area contributed by atoms with Crippen LogP contribution >= 0.6 is 0 Å². The van der Waals surface area contributed by atoms with Crippen molar-refractivity contribution in [3.8, 4) is 0 Å². The predicted octanol–water partition coefficient (Wildman–Crippen LogP) is 1.59. The van der Waals surface area contributed by atoms with E-state index in [0.717, 1.165) is 4.46 Å². The molecule has 112 valence electrons. The molecule has 0 aliphatic carbocycles. The fourth-order valence-corrected chi connectivity index (χ4v) is 7.21. The average Bonchev–Trinajstić information content (AvgIpc) is 2.48. The minimum atomic E-state index is -3.62. The maximum atomic E-state index is 13.0. The summed E-state index contributed by atoms with van der Waals surface area (Å²) in [6.07, 6.45) is -0.956. The summed E-state index contributed by atoms with van der Waals surface area (Å²) >= 11 is -0.406. The van der Waals surface area contributed by atoms with Crippen LogP contribution in [-0.4, -0.2) is 38.2 Å². The van der Waals surface area contributed by atoms with E-state index in [1.54, 1.807) is 44.2 Å². The molecule has 0 unspecified atom stereocenters. The van der Waals surface area contributed by atoms with E-state index in [4.69, 9.17) is 0 Å². The van der Waals surface area contributed by atoms with Gasteiger partial charge in [-0.25, -0.2) is 0 Å². The van der Waals surface area contributed by atoms with Crippen molar-refractivity contribution in [2.75, 3.05) is 0 Å². The molecule has 0 heterocycles. The summed E-state index contributed by atoms with van der Waals surface area (Å²) < 4.78 is 25.7. The molecule has 2 aromatic rings. The molecule has 2 rings (SSSR count). The summed E-state index contributed by atoms with van der Waals surface area (Å²) in [5.74, 6) is 0. The quantitative estimate of drug-likeness (QED) is 0.815. The zero-order valence-electron chi connectivity index (χ0n) is 11.9. The molecule has 0 aliphatic rings. The maximum absolute atomic E-state index is 13.0.